The number of rotatable bonds is 16. The molecule has 0 saturated heterocycles. The molecule has 0 spiro atoms. The molecular formula is C97H94F12N4O12P2S4Ta2+2. The van der Waals surface area contributed by atoms with Gasteiger partial charge in [0.2, 0.25) is 0 Å². The van der Waals surface area contributed by atoms with Gasteiger partial charge in [-0.3, -0.25) is 12.4 Å². The molecule has 2 aliphatic carbocycles. The summed E-state index contributed by atoms with van der Waals surface area (Å²) in [6.45, 7) is 24.6. The summed E-state index contributed by atoms with van der Waals surface area (Å²) in [5.74, 6) is 0. The minimum atomic E-state index is -6.09. The molecule has 16 nitrogen and oxygen atoms in total. The molecule has 133 heavy (non-hydrogen) atoms. The standard InChI is InChI=1S/2C36H35N2P.3C7H8.4CHF3O3S.2Ta/c2*1-26-18-27(2)21-32(20-26)37-24-30-12-8-10-16-35(30)39(34-14-6-5-7-15-34)36-17-11-9-13-31(36)25-38-33-22-28(3)19-29(4)23-33;3*1-7-5-3-2-4-6-7;4*2-1(3,4)8(5,6)7;;/h2*5-24,39H,25H2,1-4H3;3*2-6H,1H3;4*(H,5,6,7);;/q2*-2;;;;;;;;2*+5/p-4/b2*30-24+;;;;;;;;;. The first kappa shape index (κ1) is 117. The summed E-state index contributed by atoms with van der Waals surface area (Å²) in [5, 5.41) is 25.3. The Kier molecular flexibility index (Phi) is 48.5. The Bertz CT molecular complexity index is 5600. The molecule has 11 aromatic carbocycles. The summed E-state index contributed by atoms with van der Waals surface area (Å²) >= 11 is 0. The van der Waals surface area contributed by atoms with Crippen LogP contribution >= 0.6 is 15.8 Å². The number of nitrogens with zero attached hydrogens (tertiary/aromatic N) is 4. The maximum absolute atomic E-state index is 10.7. The van der Waals surface area contributed by atoms with Crippen LogP contribution in [0.3, 0.4) is 0 Å². The molecule has 700 valence electrons. The van der Waals surface area contributed by atoms with Crippen LogP contribution in [0.5, 0.6) is 0 Å². The number of hydrogen-bond donors (Lipinski definition) is 0. The minimum absolute atomic E-state index is 0. The summed E-state index contributed by atoms with van der Waals surface area (Å²) in [6, 6.07) is 96.3. The Morgan fingerprint density at radius 2 is 0.489 bits per heavy atom. The monoisotopic (exact) mass is 2290 g/mol. The van der Waals surface area contributed by atoms with E-state index >= 15 is 0 Å². The predicted molar refractivity (Wildman–Crippen MR) is 500 cm³/mol. The Morgan fingerprint density at radius 1 is 0.286 bits per heavy atom. The minimum Gasteiger partial charge on any atom is -0.741 e. The number of halogens is 12. The van der Waals surface area contributed by atoms with Crippen molar-refractivity contribution in [3.8, 4) is 0 Å². The summed E-state index contributed by atoms with van der Waals surface area (Å²) in [7, 11) is -27.0. The fraction of sp³-hybridized carbons (Fsp3) is 0.175. The first-order chi connectivity index (χ1) is 61.1. The van der Waals surface area contributed by atoms with Gasteiger partial charge < -0.3 is 39.5 Å². The topological polar surface area (TPSA) is 285 Å². The van der Waals surface area contributed by atoms with Crippen LogP contribution in [-0.2, 0) is 98.3 Å². The Labute approximate surface area is 804 Å². The number of benzene rings is 11. The Balaban J connectivity index is 0.000000441. The van der Waals surface area contributed by atoms with Crippen LogP contribution in [0, 0.1) is 87.5 Å². The van der Waals surface area contributed by atoms with Crippen LogP contribution in [0.25, 0.3) is 21.3 Å². The molecule has 2 aliphatic rings. The smallest absolute Gasteiger partial charge is 0.741 e. The maximum atomic E-state index is 10.7. The third kappa shape index (κ3) is 43.0. The molecule has 13 rings (SSSR count). The molecule has 2 atom stereocenters. The van der Waals surface area contributed by atoms with E-state index in [1.165, 1.54) is 105 Å². The van der Waals surface area contributed by atoms with Crippen molar-refractivity contribution in [1.29, 1.82) is 0 Å². The molecule has 0 fully saturated rings. The van der Waals surface area contributed by atoms with Gasteiger partial charge in [-0.1, -0.05) is 298 Å². The Hall–Kier alpha value is -10.1. The van der Waals surface area contributed by atoms with Crippen molar-refractivity contribution in [3.05, 3.63) is 450 Å². The van der Waals surface area contributed by atoms with E-state index in [4.69, 9.17) is 73.1 Å². The van der Waals surface area contributed by atoms with Crippen molar-refractivity contribution in [3.63, 3.8) is 0 Å². The fourth-order valence-electron chi connectivity index (χ4n) is 12.0. The zero-order valence-electron chi connectivity index (χ0n) is 73.4. The zero-order valence-corrected chi connectivity index (χ0v) is 85.1. The van der Waals surface area contributed by atoms with E-state index in [1.54, 1.807) is 0 Å². The number of hydrogen-bond acceptors (Lipinski definition) is 12. The maximum Gasteiger partial charge on any atom is 5.00 e. The van der Waals surface area contributed by atoms with Crippen molar-refractivity contribution >= 4 is 100 Å². The fourth-order valence-corrected chi connectivity index (χ4v) is 17.7. The normalized spacial score (nSPS) is 13.2. The van der Waals surface area contributed by atoms with Crippen molar-refractivity contribution in [2.24, 2.45) is 0 Å². The summed E-state index contributed by atoms with van der Waals surface area (Å²) in [6.07, 6.45) is 21.5. The summed E-state index contributed by atoms with van der Waals surface area (Å²) in [4.78, 5) is 0. The molecule has 0 radical (unpaired) electrons. The van der Waals surface area contributed by atoms with Gasteiger partial charge in [0.25, 0.3) is 0 Å². The first-order valence-corrected chi connectivity index (χ1v) is 47.8. The molecule has 0 N–H and O–H groups in total. The molecule has 0 saturated carbocycles. The van der Waals surface area contributed by atoms with Gasteiger partial charge in [0, 0.05) is 11.3 Å². The van der Waals surface area contributed by atoms with Gasteiger partial charge in [-0.05, 0) is 124 Å². The molecular weight excluding hydrogens is 2190 g/mol. The molecule has 0 amide bonds. The molecule has 2 unspecified atom stereocenters. The van der Waals surface area contributed by atoms with E-state index in [0.717, 1.165) is 33.9 Å². The number of aryl methyl sites for hydroxylation is 11. The predicted octanol–water partition coefficient (Wildman–Crippen LogP) is 25.3. The largest absolute Gasteiger partial charge is 5.00 e. The molecule has 0 aromatic heterocycles. The van der Waals surface area contributed by atoms with Gasteiger partial charge in [0.1, 0.15) is 0 Å². The third-order valence-corrected chi connectivity index (χ3v) is 25.6. The second-order valence-corrected chi connectivity index (χ2v) is 39.4. The van der Waals surface area contributed by atoms with E-state index in [0.29, 0.717) is 13.1 Å². The molecule has 0 bridgehead atoms. The van der Waals surface area contributed by atoms with E-state index in [-0.39, 0.29) is 44.8 Å². The first-order valence-electron chi connectivity index (χ1n) is 39.2. The van der Waals surface area contributed by atoms with E-state index < -0.39 is 78.3 Å². The van der Waals surface area contributed by atoms with E-state index in [1.807, 2.05) is 67.0 Å². The van der Waals surface area contributed by atoms with Crippen molar-refractivity contribution in [2.75, 3.05) is 0 Å². The number of alkyl halides is 12. The zero-order chi connectivity index (χ0) is 97.7. The second-order valence-electron chi connectivity index (χ2n) is 29.1. The van der Waals surface area contributed by atoms with Gasteiger partial charge in [-0.2, -0.15) is 52.7 Å². The summed E-state index contributed by atoms with van der Waals surface area (Å²) < 4.78 is 236. The van der Waals surface area contributed by atoms with Crippen LogP contribution in [0.4, 0.5) is 75.4 Å². The van der Waals surface area contributed by atoms with Gasteiger partial charge in [0.05, 0.1) is 37.1 Å². The van der Waals surface area contributed by atoms with Gasteiger partial charge >= 0.3 is 66.8 Å². The van der Waals surface area contributed by atoms with Crippen LogP contribution < -0.4 is 21.2 Å². The quantitative estimate of drug-likeness (QED) is 0.0287. The average molecular weight is 2290 g/mol. The Morgan fingerprint density at radius 3 is 0.699 bits per heavy atom. The van der Waals surface area contributed by atoms with Crippen molar-refractivity contribution in [2.45, 2.75) is 111 Å². The van der Waals surface area contributed by atoms with Crippen LogP contribution in [0.1, 0.15) is 72.3 Å². The molecule has 11 aromatic rings. The van der Waals surface area contributed by atoms with Crippen LogP contribution in [-0.4, -0.2) is 73.9 Å². The van der Waals surface area contributed by atoms with Crippen molar-refractivity contribution in [1.82, 2.24) is 0 Å². The molecule has 0 aliphatic heterocycles. The third-order valence-electron chi connectivity index (χ3n) is 17.5. The van der Waals surface area contributed by atoms with Crippen LogP contribution in [0.2, 0.25) is 0 Å². The van der Waals surface area contributed by atoms with Crippen molar-refractivity contribution < 1.29 is 149 Å². The van der Waals surface area contributed by atoms with Gasteiger partial charge in [-0.25, -0.2) is 33.7 Å². The summed E-state index contributed by atoms with van der Waals surface area (Å²) in [5.41, 5.74) is 2.86. The van der Waals surface area contributed by atoms with E-state index in [2.05, 4.69) is 343 Å². The van der Waals surface area contributed by atoms with Gasteiger partial charge in [-0.15, -0.1) is 95.6 Å². The second kappa shape index (κ2) is 55.1. The van der Waals surface area contributed by atoms with Gasteiger partial charge in [0.15, 0.2) is 40.5 Å². The number of allylic oxidation sites excluding steroid dienone is 10. The molecule has 0 heterocycles. The van der Waals surface area contributed by atoms with Crippen LogP contribution in [0.15, 0.2) is 345 Å². The SMILES string of the molecule is Cc1cc(C)cc([N-]/C=C2\C=CC=C[C-]2[PH+](c2ccccc2)c2ccccc2C[N-]c2cc(C)cc(C)c2)c1.Cc1cc(C)cc([N-]/C=C2\C=CC=C[C-]2[PH+](c2ccccc2)c2ccccc2C[N-]c2cc(C)cc(C)c2)c1.Cc1ccccc1.Cc1ccccc1.Cc1ccccc1.O=S(=O)([O-])C(F)(F)F.O=S(=O)([O-])C(F)(F)F.O=S(=O)([O-])C(F)(F)F.O=S(=O)([O-])C(F)(F)F.[Ta+5].[Ta+5]. The average Bonchev–Trinajstić information content (AvgIpc) is 0.787. The molecule has 36 heteroatoms. The van der Waals surface area contributed by atoms with E-state index in [9.17, 15) is 52.7 Å².